The molecule has 19 nitrogen and oxygen atoms in total. The third-order valence-corrected chi connectivity index (χ3v) is 13.9. The maximum Gasteiger partial charge on any atom is 0.301 e. The molecule has 4 amide bonds. The molecule has 3 aromatic carbocycles. The number of carbonyl (C=O) groups is 4. The molecule has 0 radical (unpaired) electrons. The first-order valence-electron chi connectivity index (χ1n) is 20.8. The van der Waals surface area contributed by atoms with E-state index < -0.39 is 68.7 Å². The van der Waals surface area contributed by atoms with Crippen molar-refractivity contribution in [1.82, 2.24) is 34.0 Å². The molecule has 2 atom stereocenters. The molecule has 10 rings (SSSR count). The van der Waals surface area contributed by atoms with Gasteiger partial charge < -0.3 is 14.5 Å². The number of anilines is 3. The summed E-state index contributed by atoms with van der Waals surface area (Å²) in [6.45, 7) is 2.63. The standard InChI is InChI=1S/C43H37F2N11O8S/c44-25-9-10-54(21-25)65(62,63)51-35-6-4-33(45)38(32(35)14-46)64-28-2-5-34-31(13-28)40(59)55(22-49-34)27-15-47-43(48-16-27)53-19-24(20-53)11-23-17-52(18-23)26-1-3-29-30(12-26)42(61)56(41(29)60)36-7-8-37(57)50-39(36)58/h1-6,12-13,15-16,22-25,36,51H,7-11,17-21H2,(H,50,57,58)/t25-,36?/m1/s1. The highest BCUT2D eigenvalue weighted by atomic mass is 32.2. The number of rotatable bonds is 11. The summed E-state index contributed by atoms with van der Waals surface area (Å²) in [7, 11) is -4.26. The largest absolute Gasteiger partial charge is 0.453 e. The smallest absolute Gasteiger partial charge is 0.301 e. The Bertz CT molecular complexity index is 3060. The van der Waals surface area contributed by atoms with Gasteiger partial charge >= 0.3 is 10.2 Å². The number of imide groups is 2. The van der Waals surface area contributed by atoms with Crippen LogP contribution in [0.1, 0.15) is 52.0 Å². The van der Waals surface area contributed by atoms with Gasteiger partial charge in [0.1, 0.15) is 35.9 Å². The Balaban J connectivity index is 0.753. The highest BCUT2D eigenvalue weighted by molar-refractivity contribution is 7.90. The van der Waals surface area contributed by atoms with Gasteiger partial charge in [-0.25, -0.2) is 23.7 Å². The number of ether oxygens (including phenoxy) is 1. The quantitative estimate of drug-likeness (QED) is 0.182. The molecule has 5 aromatic rings. The second-order valence-electron chi connectivity index (χ2n) is 16.7. The number of alkyl halides is 1. The van der Waals surface area contributed by atoms with Crippen LogP contribution >= 0.6 is 0 Å². The summed E-state index contributed by atoms with van der Waals surface area (Å²) in [5.41, 5.74) is 0.713. The van der Waals surface area contributed by atoms with Crippen LogP contribution in [0.25, 0.3) is 16.6 Å². The molecule has 0 saturated carbocycles. The minimum atomic E-state index is -4.26. The molecule has 4 fully saturated rings. The molecular formula is C43H37F2N11O8S. The topological polar surface area (TPSA) is 233 Å². The molecule has 65 heavy (non-hydrogen) atoms. The van der Waals surface area contributed by atoms with Crippen LogP contribution in [0, 0.1) is 29.0 Å². The van der Waals surface area contributed by atoms with E-state index in [0.717, 1.165) is 59.6 Å². The summed E-state index contributed by atoms with van der Waals surface area (Å²) in [6.07, 6.45) is 4.16. The van der Waals surface area contributed by atoms with E-state index in [9.17, 15) is 42.0 Å². The van der Waals surface area contributed by atoms with Crippen molar-refractivity contribution in [2.24, 2.45) is 11.8 Å². The number of aromatic nitrogens is 4. The van der Waals surface area contributed by atoms with Crippen molar-refractivity contribution < 1.29 is 41.1 Å². The summed E-state index contributed by atoms with van der Waals surface area (Å²) in [4.78, 5) is 82.6. The number of carbonyl (C=O) groups excluding carboxylic acids is 4. The lowest BCUT2D eigenvalue weighted by Gasteiger charge is -2.46. The summed E-state index contributed by atoms with van der Waals surface area (Å²) < 4.78 is 64.8. The molecule has 5 aliphatic rings. The molecule has 1 unspecified atom stereocenters. The molecule has 7 heterocycles. The summed E-state index contributed by atoms with van der Waals surface area (Å²) in [5.74, 6) is -2.41. The Labute approximate surface area is 368 Å². The van der Waals surface area contributed by atoms with Crippen molar-refractivity contribution in [3.8, 4) is 23.3 Å². The number of hydrogen-bond acceptors (Lipinski definition) is 14. The lowest BCUT2D eigenvalue weighted by molar-refractivity contribution is -0.136. The highest BCUT2D eigenvalue weighted by Crippen LogP contribution is 2.37. The molecule has 0 bridgehead atoms. The van der Waals surface area contributed by atoms with Crippen molar-refractivity contribution in [3.05, 3.63) is 100 Å². The second kappa shape index (κ2) is 16.0. The predicted molar refractivity (Wildman–Crippen MR) is 227 cm³/mol. The van der Waals surface area contributed by atoms with Gasteiger partial charge in [-0.1, -0.05) is 0 Å². The highest BCUT2D eigenvalue weighted by Gasteiger charge is 2.45. The van der Waals surface area contributed by atoms with E-state index in [1.165, 1.54) is 41.5 Å². The molecule has 0 spiro atoms. The maximum absolute atomic E-state index is 15.1. The molecule has 4 saturated heterocycles. The van der Waals surface area contributed by atoms with Crippen LogP contribution in [0.4, 0.5) is 26.1 Å². The summed E-state index contributed by atoms with van der Waals surface area (Å²) in [5, 5.41) is 12.2. The van der Waals surface area contributed by atoms with Crippen molar-refractivity contribution in [1.29, 1.82) is 5.26 Å². The first-order valence-corrected chi connectivity index (χ1v) is 22.2. The Kier molecular flexibility index (Phi) is 10.2. The first kappa shape index (κ1) is 41.6. The third-order valence-electron chi connectivity index (χ3n) is 12.4. The van der Waals surface area contributed by atoms with Crippen LogP contribution in [0.3, 0.4) is 0 Å². The van der Waals surface area contributed by atoms with E-state index in [-0.39, 0.29) is 60.3 Å². The van der Waals surface area contributed by atoms with Crippen LogP contribution in [-0.4, -0.2) is 112 Å². The number of amides is 4. The van der Waals surface area contributed by atoms with Crippen LogP contribution in [0.15, 0.2) is 72.0 Å². The summed E-state index contributed by atoms with van der Waals surface area (Å²) in [6, 6.07) is 12.1. The third kappa shape index (κ3) is 7.55. The summed E-state index contributed by atoms with van der Waals surface area (Å²) >= 11 is 0. The van der Waals surface area contributed by atoms with Gasteiger partial charge in [-0.05, 0) is 79.6 Å². The average molecular weight is 906 g/mol. The number of benzene rings is 3. The number of halogens is 2. The number of piperidine rings is 1. The van der Waals surface area contributed by atoms with E-state index in [0.29, 0.717) is 29.0 Å². The lowest BCUT2D eigenvalue weighted by atomic mass is 9.84. The molecular weight excluding hydrogens is 869 g/mol. The second-order valence-corrected chi connectivity index (χ2v) is 18.3. The monoisotopic (exact) mass is 905 g/mol. The number of nitrogens with zero attached hydrogens (tertiary/aromatic N) is 9. The fourth-order valence-electron chi connectivity index (χ4n) is 8.97. The number of nitrogens with one attached hydrogen (secondary N) is 2. The Morgan fingerprint density at radius 2 is 1.60 bits per heavy atom. The van der Waals surface area contributed by atoms with E-state index in [2.05, 4.69) is 29.9 Å². The SMILES string of the molecule is N#Cc1c(NS(=O)(=O)N2CC[C@@H](F)C2)ccc(F)c1Oc1ccc2ncn(-c3cnc(N4CC(CC5CN(c6ccc7c(c6)C(=O)N(C6CCC(=O)NC6=O)C7=O)C5)C4)nc3)c(=O)c2c1. The zero-order valence-corrected chi connectivity index (χ0v) is 35.0. The fourth-order valence-corrected chi connectivity index (χ4v) is 10.3. The van der Waals surface area contributed by atoms with Gasteiger partial charge in [-0.3, -0.25) is 43.5 Å². The minimum absolute atomic E-state index is 0.0287. The van der Waals surface area contributed by atoms with E-state index in [1.807, 2.05) is 11.0 Å². The minimum Gasteiger partial charge on any atom is -0.453 e. The number of fused-ring (bicyclic) bond motifs is 2. The van der Waals surface area contributed by atoms with Crippen molar-refractivity contribution in [2.75, 3.05) is 53.8 Å². The van der Waals surface area contributed by atoms with Crippen molar-refractivity contribution >= 4 is 62.1 Å². The van der Waals surface area contributed by atoms with E-state index in [1.54, 1.807) is 18.2 Å². The van der Waals surface area contributed by atoms with Crippen LogP contribution in [0.5, 0.6) is 11.5 Å². The average Bonchev–Trinajstić information content (AvgIpc) is 3.81. The van der Waals surface area contributed by atoms with Gasteiger partial charge in [0.05, 0.1) is 45.8 Å². The van der Waals surface area contributed by atoms with Crippen LogP contribution in [0.2, 0.25) is 0 Å². The van der Waals surface area contributed by atoms with Gasteiger partial charge in [0.25, 0.3) is 17.4 Å². The normalized spacial score (nSPS) is 20.4. The van der Waals surface area contributed by atoms with Gasteiger partial charge in [0, 0.05) is 51.4 Å². The maximum atomic E-state index is 15.1. The Morgan fingerprint density at radius 1 is 0.862 bits per heavy atom. The molecule has 22 heteroatoms. The predicted octanol–water partition coefficient (Wildman–Crippen LogP) is 3.04. The first-order chi connectivity index (χ1) is 31.2. The zero-order valence-electron chi connectivity index (χ0n) is 34.2. The van der Waals surface area contributed by atoms with Crippen LogP contribution in [-0.2, 0) is 19.8 Å². The molecule has 2 N–H and O–H groups in total. The van der Waals surface area contributed by atoms with Gasteiger partial charge in [0.2, 0.25) is 17.8 Å². The molecule has 332 valence electrons. The molecule has 5 aliphatic heterocycles. The van der Waals surface area contributed by atoms with Gasteiger partial charge in [0.15, 0.2) is 11.6 Å². The van der Waals surface area contributed by atoms with Crippen molar-refractivity contribution in [2.45, 2.75) is 37.9 Å². The van der Waals surface area contributed by atoms with E-state index in [4.69, 9.17) is 4.74 Å². The van der Waals surface area contributed by atoms with Crippen molar-refractivity contribution in [3.63, 3.8) is 0 Å². The number of nitriles is 1. The fraction of sp³-hybridized carbons (Fsp3) is 0.326. The van der Waals surface area contributed by atoms with E-state index >= 15 is 4.39 Å². The molecule has 0 aliphatic carbocycles. The Morgan fingerprint density at radius 3 is 2.31 bits per heavy atom. The number of hydrogen-bond donors (Lipinski definition) is 2. The lowest BCUT2D eigenvalue weighted by Crippen LogP contribution is -2.54. The van der Waals surface area contributed by atoms with Gasteiger partial charge in [-0.15, -0.1) is 0 Å². The Hall–Kier alpha value is -7.38. The van der Waals surface area contributed by atoms with Crippen LogP contribution < -0.4 is 30.1 Å². The van der Waals surface area contributed by atoms with Gasteiger partial charge in [-0.2, -0.15) is 18.0 Å². The molecule has 2 aromatic heterocycles. The zero-order chi connectivity index (χ0) is 45.3.